The summed E-state index contributed by atoms with van der Waals surface area (Å²) in [6, 6.07) is 1.06. The third kappa shape index (κ3) is 4.21. The van der Waals surface area contributed by atoms with Gasteiger partial charge in [0.1, 0.15) is 4.90 Å². The quantitative estimate of drug-likeness (QED) is 0.785. The molecule has 1 saturated heterocycles. The Balaban J connectivity index is 2.06. The van der Waals surface area contributed by atoms with Crippen molar-refractivity contribution < 1.29 is 22.4 Å². The van der Waals surface area contributed by atoms with Crippen LogP contribution in [-0.4, -0.2) is 33.6 Å². The van der Waals surface area contributed by atoms with Gasteiger partial charge in [-0.1, -0.05) is 0 Å². The SMILES string of the molecule is CC(NC(=O)c1cc(S(=O)(=O)Cl)c(Br)o1)C1CCOCC1. The minimum atomic E-state index is -3.96. The second-order valence-electron chi connectivity index (χ2n) is 4.90. The summed E-state index contributed by atoms with van der Waals surface area (Å²) in [7, 11) is 1.29. The lowest BCUT2D eigenvalue weighted by molar-refractivity contribution is 0.0534. The zero-order valence-electron chi connectivity index (χ0n) is 11.3. The van der Waals surface area contributed by atoms with Crippen molar-refractivity contribution in [3.63, 3.8) is 0 Å². The number of carbonyl (C=O) groups excluding carboxylic acids is 1. The fourth-order valence-electron chi connectivity index (χ4n) is 2.24. The van der Waals surface area contributed by atoms with Gasteiger partial charge in [-0.2, -0.15) is 0 Å². The van der Waals surface area contributed by atoms with Crippen LogP contribution in [0, 0.1) is 5.92 Å². The Morgan fingerprint density at radius 1 is 1.48 bits per heavy atom. The first-order valence-corrected chi connectivity index (χ1v) is 9.52. The number of carbonyl (C=O) groups is 1. The normalized spacial score (nSPS) is 18.4. The molecule has 1 unspecified atom stereocenters. The van der Waals surface area contributed by atoms with E-state index in [1.807, 2.05) is 6.92 Å². The highest BCUT2D eigenvalue weighted by Gasteiger charge is 2.26. The molecule has 2 rings (SSSR count). The van der Waals surface area contributed by atoms with Crippen LogP contribution in [-0.2, 0) is 13.8 Å². The number of nitrogens with one attached hydrogen (secondary N) is 1. The van der Waals surface area contributed by atoms with E-state index in [0.717, 1.165) is 18.9 Å². The molecule has 1 aliphatic rings. The van der Waals surface area contributed by atoms with Crippen molar-refractivity contribution in [2.75, 3.05) is 13.2 Å². The van der Waals surface area contributed by atoms with Crippen LogP contribution in [0.25, 0.3) is 0 Å². The van der Waals surface area contributed by atoms with Gasteiger partial charge in [-0.3, -0.25) is 4.79 Å². The lowest BCUT2D eigenvalue weighted by atomic mass is 9.93. The van der Waals surface area contributed by atoms with Crippen molar-refractivity contribution in [3.8, 4) is 0 Å². The van der Waals surface area contributed by atoms with Crippen molar-refractivity contribution in [2.24, 2.45) is 5.92 Å². The highest BCUT2D eigenvalue weighted by molar-refractivity contribution is 9.10. The summed E-state index contributed by atoms with van der Waals surface area (Å²) >= 11 is 2.94. The number of amides is 1. The highest BCUT2D eigenvalue weighted by atomic mass is 79.9. The lowest BCUT2D eigenvalue weighted by Crippen LogP contribution is -2.40. The highest BCUT2D eigenvalue weighted by Crippen LogP contribution is 2.29. The van der Waals surface area contributed by atoms with E-state index in [-0.39, 0.29) is 21.4 Å². The topological polar surface area (TPSA) is 85.6 Å². The van der Waals surface area contributed by atoms with Crippen LogP contribution in [0.15, 0.2) is 20.0 Å². The van der Waals surface area contributed by atoms with Crippen molar-refractivity contribution >= 4 is 41.6 Å². The van der Waals surface area contributed by atoms with Gasteiger partial charge in [-0.05, 0) is 41.6 Å². The number of halogens is 2. The standard InChI is InChI=1S/C12H15BrClNO5S/c1-7(8-2-4-19-5-3-8)15-12(16)9-6-10(11(13)20-9)21(14,17)18/h6-8H,2-5H2,1H3,(H,15,16). The van der Waals surface area contributed by atoms with E-state index in [1.54, 1.807) is 0 Å². The van der Waals surface area contributed by atoms with Gasteiger partial charge in [-0.15, -0.1) is 0 Å². The zero-order chi connectivity index (χ0) is 15.6. The first-order valence-electron chi connectivity index (χ1n) is 6.41. The summed E-state index contributed by atoms with van der Waals surface area (Å²) in [6.45, 7) is 3.28. The molecule has 0 saturated carbocycles. The molecule has 9 heteroatoms. The minimum absolute atomic E-state index is 0.0543. The summed E-state index contributed by atoms with van der Waals surface area (Å²) in [4.78, 5) is 11.8. The average molecular weight is 401 g/mol. The molecule has 0 bridgehead atoms. The maximum atomic E-state index is 12.1. The van der Waals surface area contributed by atoms with Crippen LogP contribution >= 0.6 is 26.6 Å². The van der Waals surface area contributed by atoms with Crippen LogP contribution in [0.3, 0.4) is 0 Å². The van der Waals surface area contributed by atoms with Crippen LogP contribution in [0.2, 0.25) is 0 Å². The molecule has 1 fully saturated rings. The maximum absolute atomic E-state index is 12.1. The predicted molar refractivity (Wildman–Crippen MR) is 79.9 cm³/mol. The molecule has 0 aliphatic carbocycles. The molecule has 1 atom stereocenters. The molecule has 1 amide bonds. The van der Waals surface area contributed by atoms with E-state index in [9.17, 15) is 13.2 Å². The number of rotatable bonds is 4. The Morgan fingerprint density at radius 3 is 2.62 bits per heavy atom. The van der Waals surface area contributed by atoms with Gasteiger partial charge < -0.3 is 14.5 Å². The molecule has 118 valence electrons. The molecule has 2 heterocycles. The van der Waals surface area contributed by atoms with Crippen molar-refractivity contribution in [3.05, 3.63) is 16.5 Å². The smallest absolute Gasteiger partial charge is 0.287 e. The van der Waals surface area contributed by atoms with Crippen molar-refractivity contribution in [1.82, 2.24) is 5.32 Å². The Hall–Kier alpha value is -0.570. The molecule has 0 spiro atoms. The van der Waals surface area contributed by atoms with E-state index >= 15 is 0 Å². The van der Waals surface area contributed by atoms with Gasteiger partial charge >= 0.3 is 0 Å². The van der Waals surface area contributed by atoms with E-state index < -0.39 is 15.0 Å². The molecule has 1 aromatic heterocycles. The number of ether oxygens (including phenoxy) is 1. The molecule has 21 heavy (non-hydrogen) atoms. The predicted octanol–water partition coefficient (Wildman–Crippen LogP) is 2.51. The number of furan rings is 1. The third-order valence-corrected chi connectivity index (χ3v) is 5.65. The van der Waals surface area contributed by atoms with E-state index in [4.69, 9.17) is 19.8 Å². The summed E-state index contributed by atoms with van der Waals surface area (Å²) in [5, 5.41) is 2.81. The molecule has 0 radical (unpaired) electrons. The lowest BCUT2D eigenvalue weighted by Gasteiger charge is -2.28. The summed E-state index contributed by atoms with van der Waals surface area (Å²) in [6.07, 6.45) is 1.76. The maximum Gasteiger partial charge on any atom is 0.287 e. The van der Waals surface area contributed by atoms with Gasteiger partial charge in [0.2, 0.25) is 0 Å². The number of hydrogen-bond donors (Lipinski definition) is 1. The molecule has 1 aliphatic heterocycles. The van der Waals surface area contributed by atoms with Gasteiger partial charge in [-0.25, -0.2) is 8.42 Å². The second kappa shape index (κ2) is 6.68. The second-order valence-corrected chi connectivity index (χ2v) is 8.15. The Kier molecular flexibility index (Phi) is 5.34. The molecular formula is C12H15BrClNO5S. The fourth-order valence-corrected chi connectivity index (χ4v) is 4.27. The minimum Gasteiger partial charge on any atom is -0.443 e. The summed E-state index contributed by atoms with van der Waals surface area (Å²) < 4.78 is 32.9. The molecule has 6 nitrogen and oxygen atoms in total. The van der Waals surface area contributed by atoms with Crippen LogP contribution in [0.4, 0.5) is 0 Å². The summed E-state index contributed by atoms with van der Waals surface area (Å²) in [5.41, 5.74) is 0. The number of hydrogen-bond acceptors (Lipinski definition) is 5. The zero-order valence-corrected chi connectivity index (χ0v) is 14.4. The molecule has 1 aromatic rings. The van der Waals surface area contributed by atoms with Gasteiger partial charge in [0.25, 0.3) is 15.0 Å². The van der Waals surface area contributed by atoms with Gasteiger partial charge in [0, 0.05) is 36.0 Å². The largest absolute Gasteiger partial charge is 0.443 e. The van der Waals surface area contributed by atoms with Crippen LogP contribution in [0.1, 0.15) is 30.3 Å². The van der Waals surface area contributed by atoms with E-state index in [1.165, 1.54) is 0 Å². The van der Waals surface area contributed by atoms with Crippen LogP contribution < -0.4 is 5.32 Å². The van der Waals surface area contributed by atoms with Gasteiger partial charge in [0.05, 0.1) is 0 Å². The molecule has 1 N–H and O–H groups in total. The Labute approximate surface area is 135 Å². The fraction of sp³-hybridized carbons (Fsp3) is 0.583. The third-order valence-electron chi connectivity index (χ3n) is 3.47. The average Bonchev–Trinajstić information content (AvgIpc) is 2.82. The molecular weight excluding hydrogens is 386 g/mol. The van der Waals surface area contributed by atoms with Crippen molar-refractivity contribution in [1.29, 1.82) is 0 Å². The Bertz CT molecular complexity index is 624. The molecule has 0 aromatic carbocycles. The summed E-state index contributed by atoms with van der Waals surface area (Å²) in [5.74, 6) is -0.237. The van der Waals surface area contributed by atoms with Crippen LogP contribution in [0.5, 0.6) is 0 Å². The van der Waals surface area contributed by atoms with Crippen molar-refractivity contribution in [2.45, 2.75) is 30.7 Å². The Morgan fingerprint density at radius 2 is 2.10 bits per heavy atom. The van der Waals surface area contributed by atoms with E-state index in [2.05, 4.69) is 21.2 Å². The first-order chi connectivity index (χ1) is 9.79. The van der Waals surface area contributed by atoms with E-state index in [0.29, 0.717) is 19.1 Å². The monoisotopic (exact) mass is 399 g/mol. The van der Waals surface area contributed by atoms with Gasteiger partial charge in [0.15, 0.2) is 10.4 Å². The first kappa shape index (κ1) is 16.8.